The third kappa shape index (κ3) is 4.99. The van der Waals surface area contributed by atoms with E-state index in [0.29, 0.717) is 11.4 Å². The number of benzene rings is 2. The van der Waals surface area contributed by atoms with Gasteiger partial charge in [0.2, 0.25) is 11.8 Å². The van der Waals surface area contributed by atoms with E-state index in [0.717, 1.165) is 18.7 Å². The number of hydrogen-bond donors (Lipinski definition) is 1. The van der Waals surface area contributed by atoms with Crippen molar-refractivity contribution in [2.45, 2.75) is 64.5 Å². The lowest BCUT2D eigenvalue weighted by atomic mass is 10.0. The fraction of sp³-hybridized carbons (Fsp3) is 0.444. The SMILES string of the molecule is [2H]C1([2H])C(=O)NC(=O)C([2H])(N2Cc3c(OCc4cc(CN5CC(C)OC(C)C5)ccc4F)cccc3C2=O)C1([2H])[2H]. The normalized spacial score (nSPS) is 31.5. The van der Waals surface area contributed by atoms with Crippen LogP contribution in [0.15, 0.2) is 36.4 Å². The van der Waals surface area contributed by atoms with Gasteiger partial charge in [-0.25, -0.2) is 4.39 Å². The Morgan fingerprint density at radius 2 is 1.97 bits per heavy atom. The molecule has 3 aliphatic rings. The molecule has 3 aliphatic heterocycles. The zero-order valence-electron chi connectivity index (χ0n) is 25.0. The van der Waals surface area contributed by atoms with Gasteiger partial charge in [-0.3, -0.25) is 24.6 Å². The summed E-state index contributed by atoms with van der Waals surface area (Å²) in [6.45, 7) is 5.45. The molecule has 3 amide bonds. The van der Waals surface area contributed by atoms with Crippen molar-refractivity contribution in [1.29, 1.82) is 0 Å². The number of fused-ring (bicyclic) bond motifs is 1. The van der Waals surface area contributed by atoms with E-state index in [9.17, 15) is 18.8 Å². The molecule has 0 aromatic heterocycles. The Bertz CT molecular complexity index is 1420. The molecular formula is C27H30FN3O5. The van der Waals surface area contributed by atoms with E-state index in [1.54, 1.807) is 17.4 Å². The molecule has 3 heterocycles. The zero-order valence-corrected chi connectivity index (χ0v) is 20.0. The van der Waals surface area contributed by atoms with Crippen LogP contribution in [-0.4, -0.2) is 58.8 Å². The highest BCUT2D eigenvalue weighted by Crippen LogP contribution is 2.34. The second kappa shape index (κ2) is 9.99. The van der Waals surface area contributed by atoms with Gasteiger partial charge in [0.1, 0.15) is 24.2 Å². The molecule has 36 heavy (non-hydrogen) atoms. The summed E-state index contributed by atoms with van der Waals surface area (Å²) in [5, 5.41) is 1.69. The fourth-order valence-corrected chi connectivity index (χ4v) is 4.84. The van der Waals surface area contributed by atoms with Crippen molar-refractivity contribution in [2.24, 2.45) is 0 Å². The van der Waals surface area contributed by atoms with Crippen LogP contribution >= 0.6 is 0 Å². The van der Waals surface area contributed by atoms with Gasteiger partial charge in [-0.2, -0.15) is 0 Å². The number of morpholine rings is 1. The average molecular weight is 501 g/mol. The maximum absolute atomic E-state index is 14.7. The minimum Gasteiger partial charge on any atom is -0.488 e. The standard InChI is InChI=1S/C27H30FN3O5/c1-16-11-30(12-17(2)36-16)13-18-6-7-22(28)19(10-18)15-35-24-5-3-4-20-21(24)14-31(27(20)34)23-8-9-25(32)29-26(23)33/h3-7,10,16-17,23H,8-9,11-15H2,1-2H3,(H,29,32,33)/i8D2,9D2,23D. The van der Waals surface area contributed by atoms with Gasteiger partial charge in [-0.15, -0.1) is 0 Å². The van der Waals surface area contributed by atoms with Crippen LogP contribution in [0.5, 0.6) is 5.75 Å². The lowest BCUT2D eigenvalue weighted by Crippen LogP contribution is -2.52. The van der Waals surface area contributed by atoms with E-state index < -0.39 is 48.8 Å². The summed E-state index contributed by atoms with van der Waals surface area (Å²) in [4.78, 5) is 40.9. The van der Waals surface area contributed by atoms with Crippen molar-refractivity contribution in [2.75, 3.05) is 13.1 Å². The van der Waals surface area contributed by atoms with Gasteiger partial charge in [0.05, 0.1) is 20.1 Å². The average Bonchev–Trinajstić information content (AvgIpc) is 3.24. The fourth-order valence-electron chi connectivity index (χ4n) is 4.84. The van der Waals surface area contributed by atoms with Crippen LogP contribution in [0.2, 0.25) is 0 Å². The quantitative estimate of drug-likeness (QED) is 0.614. The van der Waals surface area contributed by atoms with E-state index in [1.807, 2.05) is 13.8 Å². The number of ether oxygens (including phenoxy) is 2. The lowest BCUT2D eigenvalue weighted by Gasteiger charge is -2.35. The molecule has 0 saturated carbocycles. The summed E-state index contributed by atoms with van der Waals surface area (Å²) in [5.41, 5.74) is 1.43. The molecule has 9 heteroatoms. The molecule has 2 aromatic rings. The summed E-state index contributed by atoms with van der Waals surface area (Å²) in [5.74, 6) is -4.18. The largest absolute Gasteiger partial charge is 0.488 e. The summed E-state index contributed by atoms with van der Waals surface area (Å²) in [6, 6.07) is 6.13. The minimum absolute atomic E-state index is 0.0277. The highest BCUT2D eigenvalue weighted by Gasteiger charge is 2.40. The summed E-state index contributed by atoms with van der Waals surface area (Å²) in [7, 11) is 0. The molecule has 2 fully saturated rings. The van der Waals surface area contributed by atoms with E-state index >= 15 is 0 Å². The van der Waals surface area contributed by atoms with Crippen molar-refractivity contribution in [1.82, 2.24) is 15.1 Å². The molecule has 3 unspecified atom stereocenters. The number of piperidine rings is 1. The monoisotopic (exact) mass is 500 g/mol. The van der Waals surface area contributed by atoms with Crippen LogP contribution in [0.4, 0.5) is 4.39 Å². The van der Waals surface area contributed by atoms with Crippen molar-refractivity contribution >= 4 is 17.7 Å². The molecule has 0 radical (unpaired) electrons. The maximum atomic E-state index is 14.7. The van der Waals surface area contributed by atoms with Crippen LogP contribution in [-0.2, 0) is 34.0 Å². The number of carbonyl (C=O) groups is 3. The maximum Gasteiger partial charge on any atom is 0.255 e. The molecule has 8 nitrogen and oxygen atoms in total. The Hall–Kier alpha value is -3.30. The zero-order chi connectivity index (χ0) is 29.9. The second-order valence-corrected chi connectivity index (χ2v) is 9.22. The first-order chi connectivity index (χ1) is 19.2. The van der Waals surface area contributed by atoms with E-state index in [-0.39, 0.29) is 41.3 Å². The van der Waals surface area contributed by atoms with E-state index in [1.165, 1.54) is 24.3 Å². The smallest absolute Gasteiger partial charge is 0.255 e. The van der Waals surface area contributed by atoms with Crippen LogP contribution in [0.1, 0.15) is 60.5 Å². The molecule has 3 atom stereocenters. The predicted molar refractivity (Wildman–Crippen MR) is 129 cm³/mol. The molecule has 2 aromatic carbocycles. The number of nitrogens with zero attached hydrogens (tertiary/aromatic N) is 2. The molecule has 0 bridgehead atoms. The van der Waals surface area contributed by atoms with Gasteiger partial charge >= 0.3 is 0 Å². The first kappa shape index (κ1) is 18.9. The number of carbonyl (C=O) groups excluding carboxylic acids is 3. The van der Waals surface area contributed by atoms with Gasteiger partial charge in [-0.1, -0.05) is 12.1 Å². The minimum atomic E-state index is -3.38. The highest BCUT2D eigenvalue weighted by molar-refractivity contribution is 6.05. The van der Waals surface area contributed by atoms with Gasteiger partial charge in [0.25, 0.3) is 5.91 Å². The molecule has 190 valence electrons. The highest BCUT2D eigenvalue weighted by atomic mass is 19.1. The van der Waals surface area contributed by atoms with Gasteiger partial charge in [0, 0.05) is 48.2 Å². The van der Waals surface area contributed by atoms with Crippen LogP contribution in [0.25, 0.3) is 0 Å². The van der Waals surface area contributed by atoms with Crippen molar-refractivity contribution in [3.63, 3.8) is 0 Å². The number of amides is 3. The Labute approximate surface area is 216 Å². The predicted octanol–water partition coefficient (Wildman–Crippen LogP) is 2.77. The van der Waals surface area contributed by atoms with E-state index in [4.69, 9.17) is 16.3 Å². The number of rotatable bonds is 6. The van der Waals surface area contributed by atoms with Crippen molar-refractivity contribution in [3.05, 3.63) is 64.5 Å². The van der Waals surface area contributed by atoms with Crippen LogP contribution in [0.3, 0.4) is 0 Å². The van der Waals surface area contributed by atoms with Crippen molar-refractivity contribution < 1.29 is 35.1 Å². The third-order valence-corrected chi connectivity index (χ3v) is 6.33. The lowest BCUT2D eigenvalue weighted by molar-refractivity contribution is -0.136. The first-order valence-electron chi connectivity index (χ1n) is 14.2. The topological polar surface area (TPSA) is 88.2 Å². The van der Waals surface area contributed by atoms with Gasteiger partial charge < -0.3 is 14.4 Å². The molecule has 1 N–H and O–H groups in total. The summed E-state index contributed by atoms with van der Waals surface area (Å²) >= 11 is 0. The second-order valence-electron chi connectivity index (χ2n) is 9.22. The first-order valence-corrected chi connectivity index (χ1v) is 11.7. The van der Waals surface area contributed by atoms with Crippen LogP contribution < -0.4 is 10.1 Å². The number of halogens is 1. The number of nitrogens with one attached hydrogen (secondary N) is 1. The molecule has 5 rings (SSSR count). The molecule has 0 aliphatic carbocycles. The summed E-state index contributed by atoms with van der Waals surface area (Å²) < 4.78 is 67.5. The Balaban J connectivity index is 1.36. The third-order valence-electron chi connectivity index (χ3n) is 6.33. The molecule has 0 spiro atoms. The summed E-state index contributed by atoms with van der Waals surface area (Å²) in [6.07, 6.45) is -6.47. The molecular weight excluding hydrogens is 465 g/mol. The Morgan fingerprint density at radius 1 is 1.19 bits per heavy atom. The number of hydrogen-bond acceptors (Lipinski definition) is 6. The van der Waals surface area contributed by atoms with Gasteiger partial charge in [0.15, 0.2) is 0 Å². The van der Waals surface area contributed by atoms with E-state index in [2.05, 4.69) is 4.90 Å². The molecule has 2 saturated heterocycles. The van der Waals surface area contributed by atoms with Crippen LogP contribution in [0, 0.1) is 5.82 Å². The Morgan fingerprint density at radius 3 is 2.75 bits per heavy atom. The number of imide groups is 1. The van der Waals surface area contributed by atoms with Crippen molar-refractivity contribution in [3.8, 4) is 5.75 Å². The Kier molecular flexibility index (Phi) is 5.24. The van der Waals surface area contributed by atoms with Gasteiger partial charge in [-0.05, 0) is 50.0 Å².